The lowest BCUT2D eigenvalue weighted by Crippen LogP contribution is -2.55. The smallest absolute Gasteiger partial charge is 0.264 e. The van der Waals surface area contributed by atoms with E-state index in [1.807, 2.05) is 34.6 Å². The summed E-state index contributed by atoms with van der Waals surface area (Å²) in [5.41, 5.74) is 1.36. The predicted octanol–water partition coefficient (Wildman–Crippen LogP) is 6.22. The summed E-state index contributed by atoms with van der Waals surface area (Å²) < 4.78 is 28.8. The maximum atomic E-state index is 14.1. The number of sulfonamides is 1. The van der Waals surface area contributed by atoms with E-state index >= 15 is 0 Å². The van der Waals surface area contributed by atoms with Crippen LogP contribution in [0.5, 0.6) is 0 Å². The number of amides is 2. The van der Waals surface area contributed by atoms with E-state index in [4.69, 9.17) is 23.2 Å². The average molecular weight is 605 g/mol. The molecule has 0 aromatic heterocycles. The number of anilines is 1. The molecule has 0 aliphatic carbocycles. The van der Waals surface area contributed by atoms with E-state index in [1.165, 1.54) is 29.2 Å². The Balaban J connectivity index is 2.08. The van der Waals surface area contributed by atoms with Crippen LogP contribution in [0, 0.1) is 6.92 Å². The fraction of sp³-hybridized carbons (Fsp3) is 0.333. The van der Waals surface area contributed by atoms with Crippen LogP contribution < -0.4 is 9.62 Å². The molecule has 40 heavy (non-hydrogen) atoms. The molecule has 214 valence electrons. The third-order valence-corrected chi connectivity index (χ3v) is 8.59. The highest BCUT2D eigenvalue weighted by molar-refractivity contribution is 7.92. The molecule has 3 aromatic rings. The van der Waals surface area contributed by atoms with Crippen molar-refractivity contribution in [3.8, 4) is 0 Å². The molecule has 1 N–H and O–H groups in total. The number of halogens is 2. The van der Waals surface area contributed by atoms with Crippen molar-refractivity contribution in [3.05, 3.63) is 94.0 Å². The van der Waals surface area contributed by atoms with Crippen molar-refractivity contribution < 1.29 is 18.0 Å². The van der Waals surface area contributed by atoms with Crippen molar-refractivity contribution in [3.63, 3.8) is 0 Å². The van der Waals surface area contributed by atoms with Crippen LogP contribution in [0.3, 0.4) is 0 Å². The first-order chi connectivity index (χ1) is 18.7. The van der Waals surface area contributed by atoms with Crippen LogP contribution in [0.15, 0.2) is 77.7 Å². The number of hydrogen-bond acceptors (Lipinski definition) is 4. The molecule has 1 atom stereocenters. The third kappa shape index (κ3) is 7.99. The molecule has 0 bridgehead atoms. The highest BCUT2D eigenvalue weighted by Gasteiger charge is 2.34. The Morgan fingerprint density at radius 2 is 1.52 bits per heavy atom. The second-order valence-electron chi connectivity index (χ2n) is 10.6. The maximum absolute atomic E-state index is 14.1. The molecule has 0 saturated carbocycles. The SMILES string of the molecule is CCC(C(=O)NC(C)(C)C)N(Cc1ccccc1Cl)C(=O)CN(c1ccc(C)cc1)S(=O)(=O)c1ccc(Cl)cc1. The molecule has 10 heteroatoms. The number of nitrogens with one attached hydrogen (secondary N) is 1. The highest BCUT2D eigenvalue weighted by atomic mass is 35.5. The summed E-state index contributed by atoms with van der Waals surface area (Å²) in [5.74, 6) is -0.883. The van der Waals surface area contributed by atoms with E-state index in [-0.39, 0.29) is 17.3 Å². The molecule has 0 radical (unpaired) electrons. The Morgan fingerprint density at radius 1 is 0.925 bits per heavy atom. The first-order valence-corrected chi connectivity index (χ1v) is 15.1. The van der Waals surface area contributed by atoms with E-state index in [1.54, 1.807) is 48.5 Å². The number of carbonyl (C=O) groups excluding carboxylic acids is 2. The summed E-state index contributed by atoms with van der Waals surface area (Å²) in [4.78, 5) is 28.8. The van der Waals surface area contributed by atoms with Gasteiger partial charge in [-0.25, -0.2) is 8.42 Å². The standard InChI is InChI=1S/C30H35Cl2N3O4S/c1-6-27(29(37)33-30(3,4)5)34(19-22-9-7-8-10-26(22)32)28(36)20-35(24-15-11-21(2)12-16-24)40(38,39)25-17-13-23(31)14-18-25/h7-18,27H,6,19-20H2,1-5H3,(H,33,37). The fourth-order valence-corrected chi connectivity index (χ4v) is 5.89. The second kappa shape index (κ2) is 13.1. The summed E-state index contributed by atoms with van der Waals surface area (Å²) in [5, 5.41) is 3.78. The minimum absolute atomic E-state index is 0.0135. The van der Waals surface area contributed by atoms with Crippen LogP contribution in [-0.4, -0.2) is 43.3 Å². The summed E-state index contributed by atoms with van der Waals surface area (Å²) in [7, 11) is -4.17. The number of nitrogens with zero attached hydrogens (tertiary/aromatic N) is 2. The molecule has 7 nitrogen and oxygen atoms in total. The lowest BCUT2D eigenvalue weighted by atomic mass is 10.1. The van der Waals surface area contributed by atoms with Gasteiger partial charge in [0, 0.05) is 22.1 Å². The van der Waals surface area contributed by atoms with Crippen molar-refractivity contribution in [2.75, 3.05) is 10.8 Å². The maximum Gasteiger partial charge on any atom is 0.264 e. The van der Waals surface area contributed by atoms with Gasteiger partial charge < -0.3 is 10.2 Å². The topological polar surface area (TPSA) is 86.8 Å². The number of rotatable bonds is 10. The lowest BCUT2D eigenvalue weighted by Gasteiger charge is -2.35. The molecule has 0 aliphatic rings. The monoisotopic (exact) mass is 603 g/mol. The molecule has 0 spiro atoms. The van der Waals surface area contributed by atoms with Crippen LogP contribution in [-0.2, 0) is 26.2 Å². The number of carbonyl (C=O) groups is 2. The minimum atomic E-state index is -4.17. The number of aryl methyl sites for hydroxylation is 1. The Bertz CT molecular complexity index is 1440. The van der Waals surface area contributed by atoms with Gasteiger partial charge in [-0.3, -0.25) is 13.9 Å². The molecule has 1 unspecified atom stereocenters. The summed E-state index contributed by atoms with van der Waals surface area (Å²) in [6.45, 7) is 8.76. The van der Waals surface area contributed by atoms with Crippen LogP contribution in [0.25, 0.3) is 0 Å². The average Bonchev–Trinajstić information content (AvgIpc) is 2.88. The molecule has 2 amide bonds. The predicted molar refractivity (Wildman–Crippen MR) is 161 cm³/mol. The van der Waals surface area contributed by atoms with Gasteiger partial charge in [-0.1, -0.05) is 66.0 Å². The zero-order valence-electron chi connectivity index (χ0n) is 23.3. The lowest BCUT2D eigenvalue weighted by molar-refractivity contribution is -0.141. The quantitative estimate of drug-likeness (QED) is 0.298. The fourth-order valence-electron chi connectivity index (χ4n) is 4.16. The van der Waals surface area contributed by atoms with Crippen LogP contribution in [0.4, 0.5) is 5.69 Å². The van der Waals surface area contributed by atoms with E-state index in [0.717, 1.165) is 9.87 Å². The van der Waals surface area contributed by atoms with Gasteiger partial charge in [0.15, 0.2) is 0 Å². The Kier molecular flexibility index (Phi) is 10.3. The van der Waals surface area contributed by atoms with Gasteiger partial charge in [0.25, 0.3) is 10.0 Å². The van der Waals surface area contributed by atoms with Gasteiger partial charge in [0.05, 0.1) is 10.6 Å². The molecular formula is C30H35Cl2N3O4S. The van der Waals surface area contributed by atoms with Crippen molar-refractivity contribution >= 4 is 50.7 Å². The van der Waals surface area contributed by atoms with Crippen molar-refractivity contribution in [1.82, 2.24) is 10.2 Å². The van der Waals surface area contributed by atoms with Crippen molar-refractivity contribution in [2.45, 2.75) is 64.1 Å². The molecule has 0 saturated heterocycles. The third-order valence-electron chi connectivity index (χ3n) is 6.19. The number of hydrogen-bond donors (Lipinski definition) is 1. The summed E-state index contributed by atoms with van der Waals surface area (Å²) in [6, 6.07) is 18.8. The van der Waals surface area contributed by atoms with Gasteiger partial charge in [0.1, 0.15) is 12.6 Å². The molecular weight excluding hydrogens is 569 g/mol. The Hall–Kier alpha value is -3.07. The van der Waals surface area contributed by atoms with Crippen molar-refractivity contribution in [1.29, 1.82) is 0 Å². The first kappa shape index (κ1) is 31.5. The largest absolute Gasteiger partial charge is 0.350 e. The van der Waals surface area contributed by atoms with Crippen molar-refractivity contribution in [2.24, 2.45) is 0 Å². The van der Waals surface area contributed by atoms with Gasteiger partial charge >= 0.3 is 0 Å². The van der Waals surface area contributed by atoms with Gasteiger partial charge in [-0.05, 0) is 82.1 Å². The van der Waals surface area contributed by atoms with Gasteiger partial charge in [-0.2, -0.15) is 0 Å². The molecule has 3 rings (SSSR count). The summed E-state index contributed by atoms with van der Waals surface area (Å²) >= 11 is 12.4. The van der Waals surface area contributed by atoms with E-state index in [0.29, 0.717) is 27.7 Å². The molecule has 0 heterocycles. The normalized spacial score (nSPS) is 12.5. The molecule has 0 fully saturated rings. The molecule has 3 aromatic carbocycles. The van der Waals surface area contributed by atoms with Gasteiger partial charge in [0.2, 0.25) is 11.8 Å². The van der Waals surface area contributed by atoms with Crippen LogP contribution in [0.2, 0.25) is 10.0 Å². The highest BCUT2D eigenvalue weighted by Crippen LogP contribution is 2.27. The van der Waals surface area contributed by atoms with E-state index in [2.05, 4.69) is 5.32 Å². The molecule has 0 aliphatic heterocycles. The van der Waals surface area contributed by atoms with Crippen LogP contribution in [0.1, 0.15) is 45.2 Å². The van der Waals surface area contributed by atoms with E-state index < -0.39 is 34.1 Å². The summed E-state index contributed by atoms with van der Waals surface area (Å²) in [6.07, 6.45) is 0.312. The first-order valence-electron chi connectivity index (χ1n) is 12.9. The van der Waals surface area contributed by atoms with Crippen LogP contribution >= 0.6 is 23.2 Å². The Labute approximate surface area is 247 Å². The zero-order chi connectivity index (χ0) is 29.7. The van der Waals surface area contributed by atoms with E-state index in [9.17, 15) is 18.0 Å². The minimum Gasteiger partial charge on any atom is -0.350 e. The number of benzene rings is 3. The second-order valence-corrected chi connectivity index (χ2v) is 13.3. The van der Waals surface area contributed by atoms with Gasteiger partial charge in [-0.15, -0.1) is 0 Å². The Morgan fingerprint density at radius 3 is 2.08 bits per heavy atom. The zero-order valence-corrected chi connectivity index (χ0v) is 25.6.